The van der Waals surface area contributed by atoms with Crippen molar-refractivity contribution in [1.29, 1.82) is 0 Å². The fourth-order valence-corrected chi connectivity index (χ4v) is 2.82. The number of likely N-dealkylation sites (tertiary alicyclic amines) is 1. The van der Waals surface area contributed by atoms with E-state index >= 15 is 0 Å². The van der Waals surface area contributed by atoms with E-state index in [0.29, 0.717) is 6.54 Å². The van der Waals surface area contributed by atoms with Crippen LogP contribution in [0.5, 0.6) is 0 Å². The average Bonchev–Trinajstić information content (AvgIpc) is 2.53. The molecule has 110 valence electrons. The Morgan fingerprint density at radius 2 is 2.00 bits per heavy atom. The number of fused-ring (bicyclic) bond motifs is 1. The van der Waals surface area contributed by atoms with Crippen LogP contribution in [0.15, 0.2) is 30.3 Å². The highest BCUT2D eigenvalue weighted by molar-refractivity contribution is 5.84. The normalized spacial score (nSPS) is 15.2. The van der Waals surface area contributed by atoms with Crippen LogP contribution in [0.25, 0.3) is 10.9 Å². The number of hydrogen-bond donors (Lipinski definition) is 1. The topological polar surface area (TPSA) is 45.2 Å². The van der Waals surface area contributed by atoms with Crippen LogP contribution in [-0.2, 0) is 4.79 Å². The Morgan fingerprint density at radius 3 is 2.81 bits per heavy atom. The third-order valence-electron chi connectivity index (χ3n) is 4.03. The number of aromatic nitrogens is 1. The van der Waals surface area contributed by atoms with Gasteiger partial charge in [0.2, 0.25) is 5.91 Å². The maximum Gasteiger partial charge on any atom is 0.241 e. The molecule has 1 N–H and O–H groups in total. The number of para-hydroxylation sites is 1. The van der Waals surface area contributed by atoms with Crippen LogP contribution in [0.3, 0.4) is 0 Å². The molecule has 2 aromatic rings. The van der Waals surface area contributed by atoms with Gasteiger partial charge in [0, 0.05) is 18.5 Å². The Labute approximate surface area is 125 Å². The van der Waals surface area contributed by atoms with Crippen LogP contribution in [-0.4, -0.2) is 35.4 Å². The molecule has 2 heterocycles. The first-order valence-electron chi connectivity index (χ1n) is 7.62. The molecule has 0 radical (unpaired) electrons. The summed E-state index contributed by atoms with van der Waals surface area (Å²) in [5.41, 5.74) is 2.02. The van der Waals surface area contributed by atoms with Crippen molar-refractivity contribution in [1.82, 2.24) is 9.88 Å². The number of nitrogens with zero attached hydrogens (tertiary/aromatic N) is 2. The summed E-state index contributed by atoms with van der Waals surface area (Å²) >= 11 is 0. The number of aryl methyl sites for hydroxylation is 1. The van der Waals surface area contributed by atoms with Gasteiger partial charge >= 0.3 is 0 Å². The van der Waals surface area contributed by atoms with Crippen molar-refractivity contribution < 1.29 is 4.79 Å². The molecular weight excluding hydrogens is 262 g/mol. The average molecular weight is 283 g/mol. The van der Waals surface area contributed by atoms with Crippen molar-refractivity contribution >= 4 is 22.6 Å². The highest BCUT2D eigenvalue weighted by atomic mass is 16.2. The molecule has 21 heavy (non-hydrogen) atoms. The van der Waals surface area contributed by atoms with Crippen LogP contribution < -0.4 is 5.32 Å². The maximum absolute atomic E-state index is 12.2. The van der Waals surface area contributed by atoms with Crippen molar-refractivity contribution in [3.8, 4) is 0 Å². The largest absolute Gasteiger partial charge is 0.361 e. The summed E-state index contributed by atoms with van der Waals surface area (Å²) in [7, 11) is 0. The number of pyridine rings is 1. The highest BCUT2D eigenvalue weighted by Gasteiger charge is 2.16. The quantitative estimate of drug-likeness (QED) is 0.942. The second-order valence-electron chi connectivity index (χ2n) is 5.64. The molecule has 1 aromatic carbocycles. The van der Waals surface area contributed by atoms with Crippen molar-refractivity contribution in [3.63, 3.8) is 0 Å². The summed E-state index contributed by atoms with van der Waals surface area (Å²) in [5, 5.41) is 4.33. The van der Waals surface area contributed by atoms with Gasteiger partial charge in [0.1, 0.15) is 5.82 Å². The molecule has 0 unspecified atom stereocenters. The molecule has 1 saturated heterocycles. The van der Waals surface area contributed by atoms with Gasteiger partial charge in [0.05, 0.1) is 12.1 Å². The molecule has 0 bridgehead atoms. The van der Waals surface area contributed by atoms with Crippen LogP contribution in [0.2, 0.25) is 0 Å². The number of rotatable bonds is 3. The molecule has 0 saturated carbocycles. The fraction of sp³-hybridized carbons (Fsp3) is 0.412. The summed E-state index contributed by atoms with van der Waals surface area (Å²) in [5.74, 6) is 0.975. The number of anilines is 1. The zero-order valence-corrected chi connectivity index (χ0v) is 12.4. The number of carbonyl (C=O) groups excluding carboxylic acids is 1. The first-order chi connectivity index (χ1) is 10.2. The molecule has 1 amide bonds. The zero-order chi connectivity index (χ0) is 14.7. The molecule has 1 aliphatic rings. The van der Waals surface area contributed by atoms with Gasteiger partial charge in [-0.05, 0) is 43.9 Å². The first kappa shape index (κ1) is 13.9. The fourth-order valence-electron chi connectivity index (χ4n) is 2.82. The molecule has 0 spiro atoms. The molecule has 0 atom stereocenters. The number of hydrogen-bond acceptors (Lipinski definition) is 3. The number of piperidine rings is 1. The smallest absolute Gasteiger partial charge is 0.241 e. The molecule has 0 aliphatic carbocycles. The van der Waals surface area contributed by atoms with Gasteiger partial charge in [-0.15, -0.1) is 0 Å². The Balaban J connectivity index is 1.69. The van der Waals surface area contributed by atoms with Crippen LogP contribution in [0.1, 0.15) is 24.8 Å². The first-order valence-corrected chi connectivity index (χ1v) is 7.62. The van der Waals surface area contributed by atoms with Crippen molar-refractivity contribution in [3.05, 3.63) is 35.9 Å². The van der Waals surface area contributed by atoms with Crippen molar-refractivity contribution in [2.24, 2.45) is 0 Å². The van der Waals surface area contributed by atoms with Crippen LogP contribution in [0, 0.1) is 6.92 Å². The standard InChI is InChI=1S/C17H21N3O/c1-13-11-14-7-3-4-8-15(14)19-17(13)18-12-16(21)20-9-5-2-6-10-20/h3-4,7-8,11H,2,5-6,9-10,12H2,1H3,(H,18,19). The van der Waals surface area contributed by atoms with E-state index in [1.54, 1.807) is 0 Å². The Kier molecular flexibility index (Phi) is 4.04. The molecule has 1 fully saturated rings. The SMILES string of the molecule is Cc1cc2ccccc2nc1NCC(=O)N1CCCCC1. The lowest BCUT2D eigenvalue weighted by molar-refractivity contribution is -0.130. The number of nitrogens with one attached hydrogen (secondary N) is 1. The van der Waals surface area contributed by atoms with Gasteiger partial charge in [-0.2, -0.15) is 0 Å². The molecule has 1 aromatic heterocycles. The summed E-state index contributed by atoms with van der Waals surface area (Å²) in [6.07, 6.45) is 3.49. The van der Waals surface area contributed by atoms with E-state index in [4.69, 9.17) is 0 Å². The molecule has 1 aliphatic heterocycles. The van der Waals surface area contributed by atoms with E-state index in [0.717, 1.165) is 48.2 Å². The maximum atomic E-state index is 12.2. The van der Waals surface area contributed by atoms with Crippen molar-refractivity contribution in [2.45, 2.75) is 26.2 Å². The number of amides is 1. The van der Waals surface area contributed by atoms with Crippen LogP contribution in [0.4, 0.5) is 5.82 Å². The predicted molar refractivity (Wildman–Crippen MR) is 85.4 cm³/mol. The Bertz CT molecular complexity index is 648. The van der Waals surface area contributed by atoms with Gasteiger partial charge in [0.25, 0.3) is 0 Å². The van der Waals surface area contributed by atoms with E-state index < -0.39 is 0 Å². The molecule has 4 heteroatoms. The zero-order valence-electron chi connectivity index (χ0n) is 12.4. The molecular formula is C17H21N3O. The van der Waals surface area contributed by atoms with E-state index in [9.17, 15) is 4.79 Å². The Morgan fingerprint density at radius 1 is 1.24 bits per heavy atom. The lowest BCUT2D eigenvalue weighted by Gasteiger charge is -2.27. The predicted octanol–water partition coefficient (Wildman–Crippen LogP) is 2.97. The lowest BCUT2D eigenvalue weighted by Crippen LogP contribution is -2.39. The second-order valence-corrected chi connectivity index (χ2v) is 5.64. The third kappa shape index (κ3) is 3.15. The van der Waals surface area contributed by atoms with Gasteiger partial charge in [0.15, 0.2) is 0 Å². The minimum atomic E-state index is 0.170. The summed E-state index contributed by atoms with van der Waals surface area (Å²) in [6.45, 7) is 4.13. The van der Waals surface area contributed by atoms with E-state index in [-0.39, 0.29) is 5.91 Å². The van der Waals surface area contributed by atoms with Gasteiger partial charge in [-0.25, -0.2) is 4.98 Å². The third-order valence-corrected chi connectivity index (χ3v) is 4.03. The minimum absolute atomic E-state index is 0.170. The minimum Gasteiger partial charge on any atom is -0.361 e. The number of benzene rings is 1. The number of carbonyl (C=O) groups is 1. The molecule has 3 rings (SSSR count). The van der Waals surface area contributed by atoms with Gasteiger partial charge < -0.3 is 10.2 Å². The Hall–Kier alpha value is -2.10. The van der Waals surface area contributed by atoms with Gasteiger partial charge in [-0.3, -0.25) is 4.79 Å². The highest BCUT2D eigenvalue weighted by Crippen LogP contribution is 2.19. The lowest BCUT2D eigenvalue weighted by atomic mass is 10.1. The monoisotopic (exact) mass is 283 g/mol. The van der Waals surface area contributed by atoms with E-state index in [2.05, 4.69) is 22.4 Å². The second kappa shape index (κ2) is 6.12. The summed E-state index contributed by atoms with van der Waals surface area (Å²) in [6, 6.07) is 10.1. The van der Waals surface area contributed by atoms with Gasteiger partial charge in [-0.1, -0.05) is 18.2 Å². The van der Waals surface area contributed by atoms with Crippen molar-refractivity contribution in [2.75, 3.05) is 25.0 Å². The summed E-state index contributed by atoms with van der Waals surface area (Å²) < 4.78 is 0. The van der Waals surface area contributed by atoms with E-state index in [1.807, 2.05) is 30.0 Å². The summed E-state index contributed by atoms with van der Waals surface area (Å²) in [4.78, 5) is 18.7. The van der Waals surface area contributed by atoms with E-state index in [1.165, 1.54) is 6.42 Å². The molecule has 4 nitrogen and oxygen atoms in total. The van der Waals surface area contributed by atoms with Crippen LogP contribution >= 0.6 is 0 Å².